The Morgan fingerprint density at radius 3 is 2.63 bits per heavy atom. The van der Waals surface area contributed by atoms with Crippen LogP contribution in [0.15, 0.2) is 21.6 Å². The number of nitrogens with zero attached hydrogens (tertiary/aromatic N) is 8. The Hall–Kier alpha value is -4.22. The molecule has 3 aromatic heterocycles. The van der Waals surface area contributed by atoms with Gasteiger partial charge < -0.3 is 28.5 Å². The van der Waals surface area contributed by atoms with Crippen molar-refractivity contribution in [3.63, 3.8) is 0 Å². The van der Waals surface area contributed by atoms with E-state index in [0.29, 0.717) is 65.5 Å². The van der Waals surface area contributed by atoms with E-state index in [1.165, 1.54) is 0 Å². The van der Waals surface area contributed by atoms with Crippen LogP contribution in [0.5, 0.6) is 11.6 Å². The Kier molecular flexibility index (Phi) is 10.6. The lowest BCUT2D eigenvalue weighted by Crippen LogP contribution is -2.44. The topological polar surface area (TPSA) is 142 Å². The molecule has 0 aromatic carbocycles. The number of hydrogen-bond acceptors (Lipinski definition) is 12. The molecule has 0 bridgehead atoms. The van der Waals surface area contributed by atoms with Crippen LogP contribution in [0.4, 0.5) is 9.80 Å². The third-order valence-corrected chi connectivity index (χ3v) is 11.0. The standard InChI is InChI=1S/C37H50N8O5S/c1-23(28-11-10-16-44(28)8)47-30-20-25(48-24-13-17-45(18-14-24)35(46)49-36(2,3)4)19-27(40-30)32-41-34(50-42-32)37(5)15-9-12-29-31(37)26(21-38)33(51-29)39-22-43(6)7/h19-20,22-24,28H,9-18H2,1-8H3/b39-22+/t23-,28-,37-/m0/s1. The maximum atomic E-state index is 12.6. The summed E-state index contributed by atoms with van der Waals surface area (Å²) in [5, 5.41) is 15.4. The molecule has 1 aliphatic carbocycles. The summed E-state index contributed by atoms with van der Waals surface area (Å²) in [4.78, 5) is 34.1. The number of amides is 1. The van der Waals surface area contributed by atoms with Gasteiger partial charge in [0.15, 0.2) is 0 Å². The first-order valence-corrected chi connectivity index (χ1v) is 18.7. The van der Waals surface area contributed by atoms with Crippen LogP contribution in [-0.2, 0) is 16.6 Å². The number of likely N-dealkylation sites (tertiary alicyclic amines) is 2. The molecule has 274 valence electrons. The van der Waals surface area contributed by atoms with E-state index < -0.39 is 11.0 Å². The van der Waals surface area contributed by atoms with Crippen LogP contribution >= 0.6 is 11.3 Å². The lowest BCUT2D eigenvalue weighted by atomic mass is 9.72. The zero-order valence-electron chi connectivity index (χ0n) is 31.1. The molecule has 1 amide bonds. The van der Waals surface area contributed by atoms with Gasteiger partial charge in [-0.3, -0.25) is 4.90 Å². The van der Waals surface area contributed by atoms with Crippen molar-refractivity contribution in [2.45, 2.75) is 109 Å². The van der Waals surface area contributed by atoms with E-state index >= 15 is 0 Å². The monoisotopic (exact) mass is 718 g/mol. The third kappa shape index (κ3) is 8.15. The summed E-state index contributed by atoms with van der Waals surface area (Å²) >= 11 is 1.55. The van der Waals surface area contributed by atoms with Crippen LogP contribution in [0.2, 0.25) is 0 Å². The molecule has 0 saturated carbocycles. The SMILES string of the molecule is C[C@H](Oc1cc(OC2CCN(C(=O)OC(C)(C)C)CC2)cc(-c2noc([C@@]3(C)CCCc4sc(/N=C/N(C)C)c(C#N)c43)n2)n1)[C@@H]1CCCN1C. The molecule has 2 aliphatic heterocycles. The predicted molar refractivity (Wildman–Crippen MR) is 195 cm³/mol. The minimum absolute atomic E-state index is 0.0992. The van der Waals surface area contributed by atoms with E-state index in [0.717, 1.165) is 49.1 Å². The van der Waals surface area contributed by atoms with Gasteiger partial charge in [0, 0.05) is 68.6 Å². The van der Waals surface area contributed by atoms with Crippen LogP contribution in [-0.4, -0.2) is 107 Å². The molecule has 5 heterocycles. The smallest absolute Gasteiger partial charge is 0.410 e. The number of rotatable bonds is 9. The Labute approximate surface area is 304 Å². The lowest BCUT2D eigenvalue weighted by molar-refractivity contribution is 0.0126. The van der Waals surface area contributed by atoms with Gasteiger partial charge in [-0.1, -0.05) is 5.16 Å². The fourth-order valence-corrected chi connectivity index (χ4v) is 8.54. The molecule has 2 fully saturated rings. The largest absolute Gasteiger partial charge is 0.490 e. The fourth-order valence-electron chi connectivity index (χ4n) is 7.28. The van der Waals surface area contributed by atoms with E-state index in [-0.39, 0.29) is 24.3 Å². The summed E-state index contributed by atoms with van der Waals surface area (Å²) in [5.74, 6) is 1.76. The predicted octanol–water partition coefficient (Wildman–Crippen LogP) is 6.57. The molecular weight excluding hydrogens is 669 g/mol. The van der Waals surface area contributed by atoms with Crippen LogP contribution in [0.25, 0.3) is 11.5 Å². The van der Waals surface area contributed by atoms with Gasteiger partial charge in [0.2, 0.25) is 17.6 Å². The first kappa shape index (κ1) is 36.6. The molecule has 0 N–H and O–H groups in total. The number of thiophene rings is 1. The van der Waals surface area contributed by atoms with Crippen molar-refractivity contribution in [3.05, 3.63) is 34.0 Å². The number of carbonyl (C=O) groups is 1. The number of piperidine rings is 1. The lowest BCUT2D eigenvalue weighted by Gasteiger charge is -2.33. The van der Waals surface area contributed by atoms with Gasteiger partial charge in [0.1, 0.15) is 40.3 Å². The number of fused-ring (bicyclic) bond motifs is 1. The zero-order chi connectivity index (χ0) is 36.5. The summed E-state index contributed by atoms with van der Waals surface area (Å²) in [6, 6.07) is 6.34. The highest BCUT2D eigenvalue weighted by molar-refractivity contribution is 7.16. The van der Waals surface area contributed by atoms with E-state index in [1.807, 2.05) is 51.9 Å². The first-order valence-electron chi connectivity index (χ1n) is 17.9. The van der Waals surface area contributed by atoms with Crippen molar-refractivity contribution in [1.82, 2.24) is 29.8 Å². The molecular formula is C37H50N8O5S. The van der Waals surface area contributed by atoms with Gasteiger partial charge in [-0.05, 0) is 80.3 Å². The summed E-state index contributed by atoms with van der Waals surface area (Å²) in [7, 11) is 5.93. The highest BCUT2D eigenvalue weighted by Crippen LogP contribution is 2.50. The molecule has 3 aromatic rings. The molecule has 14 heteroatoms. The summed E-state index contributed by atoms with van der Waals surface area (Å²) in [5.41, 5.74) is 0.739. The number of nitriles is 1. The Balaban J connectivity index is 1.28. The van der Waals surface area contributed by atoms with Crippen molar-refractivity contribution in [2.24, 2.45) is 4.99 Å². The molecule has 6 rings (SSSR count). The number of aryl methyl sites for hydroxylation is 1. The molecule has 2 saturated heterocycles. The highest BCUT2D eigenvalue weighted by Gasteiger charge is 2.43. The Morgan fingerprint density at radius 2 is 1.96 bits per heavy atom. The van der Waals surface area contributed by atoms with Crippen molar-refractivity contribution >= 4 is 28.8 Å². The van der Waals surface area contributed by atoms with E-state index in [4.69, 9.17) is 28.7 Å². The van der Waals surface area contributed by atoms with Gasteiger partial charge in [-0.25, -0.2) is 14.8 Å². The number of aromatic nitrogens is 3. The first-order chi connectivity index (χ1) is 24.2. The molecule has 0 spiro atoms. The van der Waals surface area contributed by atoms with Crippen LogP contribution in [0.1, 0.15) is 95.0 Å². The molecule has 13 nitrogen and oxygen atoms in total. The fraction of sp³-hybridized carbons (Fsp3) is 0.622. The third-order valence-electron chi connectivity index (χ3n) is 9.84. The van der Waals surface area contributed by atoms with Gasteiger partial charge in [-0.2, -0.15) is 10.2 Å². The maximum Gasteiger partial charge on any atom is 0.410 e. The second kappa shape index (κ2) is 14.8. The molecule has 0 unspecified atom stereocenters. The van der Waals surface area contributed by atoms with E-state index in [2.05, 4.69) is 42.0 Å². The maximum absolute atomic E-state index is 12.6. The normalized spacial score (nSPS) is 22.1. The van der Waals surface area contributed by atoms with E-state index in [1.54, 1.807) is 22.6 Å². The summed E-state index contributed by atoms with van der Waals surface area (Å²) in [6.07, 6.45) is 7.25. The number of ether oxygens (including phenoxy) is 3. The van der Waals surface area contributed by atoms with Crippen LogP contribution < -0.4 is 9.47 Å². The van der Waals surface area contributed by atoms with Gasteiger partial charge in [0.25, 0.3) is 0 Å². The summed E-state index contributed by atoms with van der Waals surface area (Å²) in [6.45, 7) is 11.9. The van der Waals surface area contributed by atoms with Gasteiger partial charge in [-0.15, -0.1) is 11.3 Å². The second-order valence-electron chi connectivity index (χ2n) is 15.3. The number of hydrogen-bond donors (Lipinski definition) is 0. The van der Waals surface area contributed by atoms with Crippen LogP contribution in [0.3, 0.4) is 0 Å². The van der Waals surface area contributed by atoms with Crippen molar-refractivity contribution in [1.29, 1.82) is 5.26 Å². The second-order valence-corrected chi connectivity index (χ2v) is 16.4. The molecule has 0 radical (unpaired) electrons. The highest BCUT2D eigenvalue weighted by atomic mass is 32.1. The quantitative estimate of drug-likeness (QED) is 0.175. The van der Waals surface area contributed by atoms with Crippen molar-refractivity contribution < 1.29 is 23.5 Å². The van der Waals surface area contributed by atoms with Crippen LogP contribution in [0, 0.1) is 11.3 Å². The van der Waals surface area contributed by atoms with Crippen molar-refractivity contribution in [3.8, 4) is 29.2 Å². The van der Waals surface area contributed by atoms with Gasteiger partial charge in [0.05, 0.1) is 17.3 Å². The molecule has 3 aliphatic rings. The van der Waals surface area contributed by atoms with E-state index in [9.17, 15) is 10.1 Å². The zero-order valence-corrected chi connectivity index (χ0v) is 31.9. The molecule has 3 atom stereocenters. The average Bonchev–Trinajstić information content (AvgIpc) is 3.82. The minimum atomic E-state index is -0.663. The summed E-state index contributed by atoms with van der Waals surface area (Å²) < 4.78 is 24.6. The minimum Gasteiger partial charge on any atom is -0.490 e. The Bertz CT molecular complexity index is 1780. The van der Waals surface area contributed by atoms with Gasteiger partial charge >= 0.3 is 6.09 Å². The number of carbonyl (C=O) groups excluding carboxylic acids is 1. The number of likely N-dealkylation sites (N-methyl/N-ethyl adjacent to an activating group) is 1. The average molecular weight is 719 g/mol. The number of aliphatic imine (C=N–C) groups is 1. The number of pyridine rings is 1. The van der Waals surface area contributed by atoms with Crippen molar-refractivity contribution in [2.75, 3.05) is 40.8 Å². The molecule has 51 heavy (non-hydrogen) atoms. The Morgan fingerprint density at radius 1 is 1.20 bits per heavy atom.